The lowest BCUT2D eigenvalue weighted by Gasteiger charge is -2.12. The second-order valence-electron chi connectivity index (χ2n) is 5.55. The van der Waals surface area contributed by atoms with Crippen molar-refractivity contribution in [2.45, 2.75) is 16.7 Å². The minimum Gasteiger partial charge on any atom is -0.496 e. The molecule has 0 saturated carbocycles. The molecule has 0 saturated heterocycles. The summed E-state index contributed by atoms with van der Waals surface area (Å²) >= 11 is 0. The standard InChI is InChI=1S/C17H21N3O6S2/c1-4-19-28(24,25)14-9-10-16(26-3)15(11-14)17(21)20-12-5-7-13(8-6-12)27(22,23)18-2/h5-11,18-19H,4H2,1-3H3,(H,20,21). The molecular formula is C17H21N3O6S2. The summed E-state index contributed by atoms with van der Waals surface area (Å²) in [4.78, 5) is 12.6. The number of benzene rings is 2. The van der Waals surface area contributed by atoms with E-state index in [-0.39, 0.29) is 27.6 Å². The van der Waals surface area contributed by atoms with Crippen molar-refractivity contribution in [1.82, 2.24) is 9.44 Å². The summed E-state index contributed by atoms with van der Waals surface area (Å²) in [5.41, 5.74) is 0.357. The highest BCUT2D eigenvalue weighted by molar-refractivity contribution is 7.89. The number of anilines is 1. The van der Waals surface area contributed by atoms with Gasteiger partial charge in [0, 0.05) is 12.2 Å². The first-order chi connectivity index (χ1) is 13.1. The summed E-state index contributed by atoms with van der Waals surface area (Å²) in [6.07, 6.45) is 0. The number of carbonyl (C=O) groups excluding carboxylic acids is 1. The van der Waals surface area contributed by atoms with Crippen molar-refractivity contribution in [3.8, 4) is 5.75 Å². The van der Waals surface area contributed by atoms with E-state index in [4.69, 9.17) is 4.74 Å². The molecule has 0 radical (unpaired) electrons. The molecule has 3 N–H and O–H groups in total. The van der Waals surface area contributed by atoms with Gasteiger partial charge in [-0.1, -0.05) is 6.92 Å². The van der Waals surface area contributed by atoms with Crippen molar-refractivity contribution in [1.29, 1.82) is 0 Å². The zero-order valence-electron chi connectivity index (χ0n) is 15.5. The van der Waals surface area contributed by atoms with Gasteiger partial charge in [-0.25, -0.2) is 26.3 Å². The van der Waals surface area contributed by atoms with Crippen molar-refractivity contribution in [2.24, 2.45) is 0 Å². The smallest absolute Gasteiger partial charge is 0.259 e. The van der Waals surface area contributed by atoms with E-state index >= 15 is 0 Å². The molecule has 0 spiro atoms. The van der Waals surface area contributed by atoms with Gasteiger partial charge in [0.1, 0.15) is 5.75 Å². The van der Waals surface area contributed by atoms with Gasteiger partial charge in [-0.05, 0) is 49.5 Å². The molecule has 0 heterocycles. The highest BCUT2D eigenvalue weighted by atomic mass is 32.2. The first kappa shape index (κ1) is 21.8. The normalized spacial score (nSPS) is 11.8. The third kappa shape index (κ3) is 4.87. The fraction of sp³-hybridized carbons (Fsp3) is 0.235. The van der Waals surface area contributed by atoms with E-state index in [1.54, 1.807) is 6.92 Å². The van der Waals surface area contributed by atoms with Crippen molar-refractivity contribution < 1.29 is 26.4 Å². The first-order valence-corrected chi connectivity index (χ1v) is 11.1. The Morgan fingerprint density at radius 1 is 0.964 bits per heavy atom. The molecule has 152 valence electrons. The lowest BCUT2D eigenvalue weighted by molar-refractivity contribution is 0.102. The molecule has 0 atom stereocenters. The maximum absolute atomic E-state index is 12.6. The molecule has 2 aromatic carbocycles. The Bertz CT molecular complexity index is 1060. The number of rotatable bonds is 8. The second-order valence-corrected chi connectivity index (χ2v) is 9.20. The third-order valence-electron chi connectivity index (χ3n) is 3.75. The molecule has 0 fully saturated rings. The molecule has 28 heavy (non-hydrogen) atoms. The minimum atomic E-state index is -3.75. The fourth-order valence-corrected chi connectivity index (χ4v) is 4.14. The van der Waals surface area contributed by atoms with E-state index in [1.165, 1.54) is 56.6 Å². The minimum absolute atomic E-state index is 0.0217. The molecule has 2 rings (SSSR count). The Morgan fingerprint density at radius 3 is 2.11 bits per heavy atom. The Morgan fingerprint density at radius 2 is 1.57 bits per heavy atom. The van der Waals surface area contributed by atoms with Gasteiger partial charge in [-0.2, -0.15) is 0 Å². The van der Waals surface area contributed by atoms with Gasteiger partial charge in [0.2, 0.25) is 20.0 Å². The second kappa shape index (κ2) is 8.69. The molecule has 9 nitrogen and oxygen atoms in total. The predicted octanol–water partition coefficient (Wildman–Crippen LogP) is 1.15. The first-order valence-electron chi connectivity index (χ1n) is 8.17. The van der Waals surface area contributed by atoms with Crippen LogP contribution >= 0.6 is 0 Å². The Balaban J connectivity index is 2.33. The number of sulfonamides is 2. The van der Waals surface area contributed by atoms with Crippen LogP contribution in [-0.4, -0.2) is 43.4 Å². The summed E-state index contributed by atoms with van der Waals surface area (Å²) in [5, 5.41) is 2.59. The fourth-order valence-electron chi connectivity index (χ4n) is 2.34. The molecule has 0 aliphatic carbocycles. The Labute approximate surface area is 164 Å². The van der Waals surface area contributed by atoms with Gasteiger partial charge in [0.15, 0.2) is 0 Å². The summed E-state index contributed by atoms with van der Waals surface area (Å²) in [6.45, 7) is 1.85. The molecular weight excluding hydrogens is 406 g/mol. The molecule has 0 bridgehead atoms. The van der Waals surface area contributed by atoms with Crippen LogP contribution in [0.2, 0.25) is 0 Å². The molecule has 1 amide bonds. The molecule has 2 aromatic rings. The number of nitrogens with one attached hydrogen (secondary N) is 3. The van der Waals surface area contributed by atoms with Crippen LogP contribution < -0.4 is 19.5 Å². The van der Waals surface area contributed by atoms with Crippen molar-refractivity contribution >= 4 is 31.6 Å². The van der Waals surface area contributed by atoms with Crippen molar-refractivity contribution in [2.75, 3.05) is 26.0 Å². The molecule has 0 aliphatic heterocycles. The van der Waals surface area contributed by atoms with E-state index in [1.807, 2.05) is 0 Å². The molecule has 0 unspecified atom stereocenters. The highest BCUT2D eigenvalue weighted by Crippen LogP contribution is 2.24. The Kier molecular flexibility index (Phi) is 6.77. The largest absolute Gasteiger partial charge is 0.496 e. The van der Waals surface area contributed by atoms with E-state index in [9.17, 15) is 21.6 Å². The predicted molar refractivity (Wildman–Crippen MR) is 104 cm³/mol. The van der Waals surface area contributed by atoms with Crippen LogP contribution in [0.3, 0.4) is 0 Å². The lowest BCUT2D eigenvalue weighted by atomic mass is 10.2. The number of hydrogen-bond acceptors (Lipinski definition) is 6. The summed E-state index contributed by atoms with van der Waals surface area (Å²) in [7, 11) is -4.68. The molecule has 0 aromatic heterocycles. The SMILES string of the molecule is CCNS(=O)(=O)c1ccc(OC)c(C(=O)Nc2ccc(S(=O)(=O)NC)cc2)c1. The number of carbonyl (C=O) groups is 1. The number of amides is 1. The highest BCUT2D eigenvalue weighted by Gasteiger charge is 2.20. The third-order valence-corrected chi connectivity index (χ3v) is 6.72. The van der Waals surface area contributed by atoms with E-state index in [0.29, 0.717) is 5.69 Å². The van der Waals surface area contributed by atoms with Crippen LogP contribution in [0.5, 0.6) is 5.75 Å². The average molecular weight is 428 g/mol. The van der Waals surface area contributed by atoms with Crippen molar-refractivity contribution in [3.63, 3.8) is 0 Å². The summed E-state index contributed by atoms with van der Waals surface area (Å²) in [5.74, 6) is -0.406. The monoisotopic (exact) mass is 427 g/mol. The van der Waals surface area contributed by atoms with Crippen LogP contribution in [-0.2, 0) is 20.0 Å². The van der Waals surface area contributed by atoms with E-state index in [0.717, 1.165) is 0 Å². The number of methoxy groups -OCH3 is 1. The van der Waals surface area contributed by atoms with Gasteiger partial charge < -0.3 is 10.1 Å². The van der Waals surface area contributed by atoms with Crippen LogP contribution in [0.1, 0.15) is 17.3 Å². The van der Waals surface area contributed by atoms with Gasteiger partial charge in [-0.15, -0.1) is 0 Å². The van der Waals surface area contributed by atoms with Crippen LogP contribution in [0.4, 0.5) is 5.69 Å². The van der Waals surface area contributed by atoms with Gasteiger partial charge in [0.25, 0.3) is 5.91 Å². The zero-order valence-corrected chi connectivity index (χ0v) is 17.1. The lowest BCUT2D eigenvalue weighted by Crippen LogP contribution is -2.24. The number of hydrogen-bond donors (Lipinski definition) is 3. The van der Waals surface area contributed by atoms with E-state index < -0.39 is 26.0 Å². The molecule has 11 heteroatoms. The van der Waals surface area contributed by atoms with Crippen molar-refractivity contribution in [3.05, 3.63) is 48.0 Å². The molecule has 0 aliphatic rings. The van der Waals surface area contributed by atoms with Crippen LogP contribution in [0.15, 0.2) is 52.3 Å². The number of ether oxygens (including phenoxy) is 1. The van der Waals surface area contributed by atoms with Gasteiger partial charge in [0.05, 0.1) is 22.5 Å². The maximum atomic E-state index is 12.6. The zero-order chi connectivity index (χ0) is 20.9. The maximum Gasteiger partial charge on any atom is 0.259 e. The van der Waals surface area contributed by atoms with Gasteiger partial charge >= 0.3 is 0 Å². The van der Waals surface area contributed by atoms with E-state index in [2.05, 4.69) is 14.8 Å². The van der Waals surface area contributed by atoms with Gasteiger partial charge in [-0.3, -0.25) is 4.79 Å². The average Bonchev–Trinajstić information content (AvgIpc) is 2.67. The quantitative estimate of drug-likeness (QED) is 0.579. The van der Waals surface area contributed by atoms with Crippen LogP contribution in [0.25, 0.3) is 0 Å². The summed E-state index contributed by atoms with van der Waals surface area (Å²) in [6, 6.07) is 9.47. The summed E-state index contributed by atoms with van der Waals surface area (Å²) < 4.78 is 57.5. The topological polar surface area (TPSA) is 131 Å². The van der Waals surface area contributed by atoms with Crippen LogP contribution in [0, 0.1) is 0 Å². The Hall–Kier alpha value is -2.47.